The molecule has 122 valence electrons. The number of amidine groups is 1. The molecule has 1 rings (SSSR count). The topological polar surface area (TPSA) is 122 Å². The summed E-state index contributed by atoms with van der Waals surface area (Å²) in [7, 11) is -3.12. The first-order valence-electron chi connectivity index (χ1n) is 7.34. The lowest BCUT2D eigenvalue weighted by Crippen LogP contribution is -2.50. The highest BCUT2D eigenvalue weighted by molar-refractivity contribution is 7.91. The summed E-state index contributed by atoms with van der Waals surface area (Å²) >= 11 is 0. The Bertz CT molecular complexity index is 480. The third-order valence-corrected chi connectivity index (χ3v) is 5.83. The molecule has 0 aromatic carbocycles. The maximum Gasteiger partial charge on any atom is 0.233 e. The van der Waals surface area contributed by atoms with Crippen LogP contribution >= 0.6 is 0 Å². The Hall–Kier alpha value is -1.31. The second kappa shape index (κ2) is 7.63. The number of sulfone groups is 1. The molecule has 1 aliphatic carbocycles. The van der Waals surface area contributed by atoms with Crippen molar-refractivity contribution in [3.8, 4) is 0 Å². The van der Waals surface area contributed by atoms with Crippen molar-refractivity contribution < 1.29 is 18.4 Å². The number of nitrogens with zero attached hydrogens (tertiary/aromatic N) is 1. The quantitative estimate of drug-likeness (QED) is 0.218. The summed E-state index contributed by atoms with van der Waals surface area (Å²) in [6.45, 7) is 1.62. The van der Waals surface area contributed by atoms with E-state index in [1.807, 2.05) is 0 Å². The Morgan fingerprint density at radius 3 is 2.33 bits per heavy atom. The highest BCUT2D eigenvalue weighted by atomic mass is 32.2. The van der Waals surface area contributed by atoms with Crippen LogP contribution in [-0.4, -0.2) is 43.4 Å². The number of carbonyl (C=O) groups excluding carboxylic acids is 1. The number of hydrogen-bond acceptors (Lipinski definition) is 5. The van der Waals surface area contributed by atoms with E-state index in [1.54, 1.807) is 6.92 Å². The number of rotatable bonds is 6. The Morgan fingerprint density at radius 2 is 1.86 bits per heavy atom. The molecule has 0 aromatic rings. The van der Waals surface area contributed by atoms with Crippen molar-refractivity contribution in [3.63, 3.8) is 0 Å². The van der Waals surface area contributed by atoms with E-state index >= 15 is 0 Å². The molecule has 0 radical (unpaired) electrons. The predicted octanol–water partition coefficient (Wildman–Crippen LogP) is 0.624. The van der Waals surface area contributed by atoms with Gasteiger partial charge < -0.3 is 16.3 Å². The zero-order chi connectivity index (χ0) is 15.9. The van der Waals surface area contributed by atoms with Crippen LogP contribution in [-0.2, 0) is 14.6 Å². The van der Waals surface area contributed by atoms with Crippen LogP contribution in [0.25, 0.3) is 0 Å². The van der Waals surface area contributed by atoms with E-state index in [9.17, 15) is 13.2 Å². The first-order valence-corrected chi connectivity index (χ1v) is 9.17. The number of nitrogens with two attached hydrogens (primary N) is 1. The highest BCUT2D eigenvalue weighted by Gasteiger charge is 2.42. The molecule has 8 heteroatoms. The first-order chi connectivity index (χ1) is 9.88. The summed E-state index contributed by atoms with van der Waals surface area (Å²) in [5.41, 5.74) is 4.74. The van der Waals surface area contributed by atoms with E-state index in [2.05, 4.69) is 10.5 Å². The predicted molar refractivity (Wildman–Crippen MR) is 80.9 cm³/mol. The summed E-state index contributed by atoms with van der Waals surface area (Å²) in [4.78, 5) is 12.5. The van der Waals surface area contributed by atoms with Gasteiger partial charge in [0.15, 0.2) is 15.7 Å². The molecule has 1 fully saturated rings. The average Bonchev–Trinajstić information content (AvgIpc) is 2.73. The molecule has 0 bridgehead atoms. The Kier molecular flexibility index (Phi) is 6.44. The molecule has 0 saturated heterocycles. The molecule has 0 spiro atoms. The minimum absolute atomic E-state index is 0.0499. The Balaban J connectivity index is 2.77. The van der Waals surface area contributed by atoms with Crippen LogP contribution in [0.5, 0.6) is 0 Å². The van der Waals surface area contributed by atoms with Gasteiger partial charge >= 0.3 is 0 Å². The van der Waals surface area contributed by atoms with Gasteiger partial charge in [0.2, 0.25) is 5.91 Å². The molecule has 0 unspecified atom stereocenters. The lowest BCUT2D eigenvalue weighted by atomic mass is 9.78. The van der Waals surface area contributed by atoms with Gasteiger partial charge in [-0.3, -0.25) is 4.79 Å². The summed E-state index contributed by atoms with van der Waals surface area (Å²) in [5.74, 6) is -0.471. The maximum atomic E-state index is 12.5. The summed E-state index contributed by atoms with van der Waals surface area (Å²) in [6.07, 6.45) is 4.73. The third kappa shape index (κ3) is 4.59. The SMILES string of the molecule is CCS(=O)(=O)CCNC(=O)C1(C(N)=NO)CCCCCC1. The molecule has 4 N–H and O–H groups in total. The molecule has 0 heterocycles. The van der Waals surface area contributed by atoms with Crippen LogP contribution in [0.15, 0.2) is 5.16 Å². The number of carbonyl (C=O) groups is 1. The fourth-order valence-corrected chi connectivity index (χ4v) is 3.36. The number of nitrogens with one attached hydrogen (secondary N) is 1. The smallest absolute Gasteiger partial charge is 0.233 e. The largest absolute Gasteiger partial charge is 0.409 e. The first kappa shape index (κ1) is 17.7. The molecule has 0 aromatic heterocycles. The van der Waals surface area contributed by atoms with Crippen LogP contribution in [0.1, 0.15) is 45.4 Å². The van der Waals surface area contributed by atoms with Crippen LogP contribution in [0.2, 0.25) is 0 Å². The summed E-state index contributed by atoms with van der Waals surface area (Å²) < 4.78 is 22.9. The zero-order valence-electron chi connectivity index (χ0n) is 12.5. The fourth-order valence-electron chi connectivity index (χ4n) is 2.66. The van der Waals surface area contributed by atoms with Crippen LogP contribution < -0.4 is 11.1 Å². The number of amides is 1. The summed E-state index contributed by atoms with van der Waals surface area (Å²) in [5, 5.41) is 14.6. The number of hydrogen-bond donors (Lipinski definition) is 3. The molecule has 0 atom stereocenters. The van der Waals surface area contributed by atoms with Crippen molar-refractivity contribution in [3.05, 3.63) is 0 Å². The van der Waals surface area contributed by atoms with Crippen molar-refractivity contribution in [2.45, 2.75) is 45.4 Å². The van der Waals surface area contributed by atoms with E-state index in [1.165, 1.54) is 0 Å². The fraction of sp³-hybridized carbons (Fsp3) is 0.846. The normalized spacial score (nSPS) is 19.8. The van der Waals surface area contributed by atoms with E-state index in [-0.39, 0.29) is 29.8 Å². The van der Waals surface area contributed by atoms with Gasteiger partial charge in [0.25, 0.3) is 0 Å². The third-order valence-electron chi connectivity index (χ3n) is 4.13. The second-order valence-electron chi connectivity index (χ2n) is 5.47. The van der Waals surface area contributed by atoms with Gasteiger partial charge in [0.1, 0.15) is 5.41 Å². The second-order valence-corrected chi connectivity index (χ2v) is 7.95. The Morgan fingerprint density at radius 1 is 1.29 bits per heavy atom. The van der Waals surface area contributed by atoms with Gasteiger partial charge in [0, 0.05) is 12.3 Å². The van der Waals surface area contributed by atoms with Crippen molar-refractivity contribution in [2.24, 2.45) is 16.3 Å². The van der Waals surface area contributed by atoms with Gasteiger partial charge in [-0.25, -0.2) is 8.42 Å². The van der Waals surface area contributed by atoms with E-state index < -0.39 is 15.3 Å². The molecule has 7 nitrogen and oxygen atoms in total. The molecule has 1 saturated carbocycles. The van der Waals surface area contributed by atoms with Crippen LogP contribution in [0, 0.1) is 5.41 Å². The van der Waals surface area contributed by atoms with Gasteiger partial charge in [-0.2, -0.15) is 0 Å². The van der Waals surface area contributed by atoms with Gasteiger partial charge in [-0.05, 0) is 12.8 Å². The van der Waals surface area contributed by atoms with Gasteiger partial charge in [-0.15, -0.1) is 0 Å². The molecule has 0 aliphatic heterocycles. The van der Waals surface area contributed by atoms with E-state index in [4.69, 9.17) is 10.9 Å². The summed E-state index contributed by atoms with van der Waals surface area (Å²) in [6, 6.07) is 0. The lowest BCUT2D eigenvalue weighted by Gasteiger charge is -2.29. The monoisotopic (exact) mass is 319 g/mol. The van der Waals surface area contributed by atoms with Crippen molar-refractivity contribution in [1.29, 1.82) is 0 Å². The minimum atomic E-state index is -3.12. The maximum absolute atomic E-state index is 12.5. The molecular formula is C13H25N3O4S. The van der Waals surface area contributed by atoms with Crippen LogP contribution in [0.3, 0.4) is 0 Å². The van der Waals surface area contributed by atoms with Gasteiger partial charge in [-0.1, -0.05) is 37.8 Å². The van der Waals surface area contributed by atoms with Crippen LogP contribution in [0.4, 0.5) is 0 Å². The zero-order valence-corrected chi connectivity index (χ0v) is 13.3. The van der Waals surface area contributed by atoms with Crippen molar-refractivity contribution >= 4 is 21.6 Å². The highest BCUT2D eigenvalue weighted by Crippen LogP contribution is 2.35. The molecule has 1 aliphatic rings. The molecule has 1 amide bonds. The molecular weight excluding hydrogens is 294 g/mol. The average molecular weight is 319 g/mol. The van der Waals surface area contributed by atoms with E-state index in [0.717, 1.165) is 25.7 Å². The number of oxime groups is 1. The molecule has 21 heavy (non-hydrogen) atoms. The van der Waals surface area contributed by atoms with Crippen molar-refractivity contribution in [2.75, 3.05) is 18.1 Å². The van der Waals surface area contributed by atoms with Gasteiger partial charge in [0.05, 0.1) is 5.75 Å². The standard InChI is InChI=1S/C13H25N3O4S/c1-2-21(19,20)10-9-15-12(17)13(11(14)16-18)7-5-3-4-6-8-13/h18H,2-10H2,1H3,(H2,14,16)(H,15,17). The lowest BCUT2D eigenvalue weighted by molar-refractivity contribution is -0.128. The Labute approximate surface area is 125 Å². The minimum Gasteiger partial charge on any atom is -0.409 e. The van der Waals surface area contributed by atoms with E-state index in [0.29, 0.717) is 12.8 Å². The van der Waals surface area contributed by atoms with Crippen molar-refractivity contribution in [1.82, 2.24) is 5.32 Å².